The zero-order chi connectivity index (χ0) is 24.7. The van der Waals surface area contributed by atoms with Crippen molar-refractivity contribution >= 4 is 46.1 Å². The number of imidazole rings is 1. The summed E-state index contributed by atoms with van der Waals surface area (Å²) in [5, 5.41) is 16.3. The molecule has 4 N–H and O–H groups in total. The number of phenolic OH excluding ortho intramolecular Hbond substituents is 1. The van der Waals surface area contributed by atoms with Gasteiger partial charge in [0, 0.05) is 10.7 Å². The molecule has 3 aromatic carbocycles. The summed E-state index contributed by atoms with van der Waals surface area (Å²) >= 11 is 6.06. The molecule has 1 aliphatic rings. The van der Waals surface area contributed by atoms with Crippen LogP contribution in [0.2, 0.25) is 5.02 Å². The Morgan fingerprint density at radius 3 is 2.77 bits per heavy atom. The molecule has 0 fully saturated rings. The lowest BCUT2D eigenvalue weighted by molar-refractivity contribution is 0.158. The summed E-state index contributed by atoms with van der Waals surface area (Å²) in [6.45, 7) is 3.94. The molecule has 5 rings (SSSR count). The number of anilines is 2. The highest BCUT2D eigenvalue weighted by Gasteiger charge is 2.25. The average molecular weight is 491 g/mol. The smallest absolute Gasteiger partial charge is 0.323 e. The number of phenols is 1. The van der Waals surface area contributed by atoms with Crippen molar-refractivity contribution in [2.24, 2.45) is 0 Å². The standard InChI is InChI=1S/C26H23ClN4O4/c1-26(2)11-10-16-22(35-26)9-7-19(23(16)34-3)31-25(33)28-15-5-6-18-20(13-15)30-24(29-18)17-12-14(27)4-8-21(17)32/h4-13,32H,1-3H3,(H,29,30)(H2,28,31,33). The Hall–Kier alpha value is -4.17. The van der Waals surface area contributed by atoms with Gasteiger partial charge in [0.1, 0.15) is 22.9 Å². The number of amides is 2. The maximum Gasteiger partial charge on any atom is 0.323 e. The van der Waals surface area contributed by atoms with Crippen LogP contribution in [-0.2, 0) is 0 Å². The fourth-order valence-electron chi connectivity index (χ4n) is 3.94. The second-order valence-electron chi connectivity index (χ2n) is 8.65. The molecule has 4 aromatic rings. The van der Waals surface area contributed by atoms with Gasteiger partial charge < -0.3 is 30.2 Å². The van der Waals surface area contributed by atoms with E-state index in [9.17, 15) is 9.90 Å². The largest absolute Gasteiger partial charge is 0.507 e. The normalized spacial score (nSPS) is 13.7. The van der Waals surface area contributed by atoms with Crippen LogP contribution in [0.25, 0.3) is 28.5 Å². The number of carbonyl (C=O) groups excluding carboxylic acids is 1. The van der Waals surface area contributed by atoms with Crippen LogP contribution in [-0.4, -0.2) is 33.8 Å². The third-order valence-corrected chi connectivity index (χ3v) is 5.82. The topological polar surface area (TPSA) is 109 Å². The molecular weight excluding hydrogens is 468 g/mol. The first-order valence-corrected chi connectivity index (χ1v) is 11.3. The second kappa shape index (κ2) is 8.56. The van der Waals surface area contributed by atoms with Crippen LogP contribution in [0.4, 0.5) is 16.2 Å². The first kappa shape index (κ1) is 22.6. The Morgan fingerprint density at radius 1 is 1.14 bits per heavy atom. The van der Waals surface area contributed by atoms with Crippen LogP contribution >= 0.6 is 11.6 Å². The van der Waals surface area contributed by atoms with Gasteiger partial charge in [-0.1, -0.05) is 11.6 Å². The van der Waals surface area contributed by atoms with Crippen LogP contribution < -0.4 is 20.1 Å². The van der Waals surface area contributed by atoms with Crippen molar-refractivity contribution in [3.05, 3.63) is 65.2 Å². The number of hydrogen-bond donors (Lipinski definition) is 4. The minimum absolute atomic E-state index is 0.0639. The molecule has 1 aliphatic heterocycles. The highest BCUT2D eigenvalue weighted by atomic mass is 35.5. The molecule has 0 spiro atoms. The Labute approximate surface area is 206 Å². The van der Waals surface area contributed by atoms with E-state index in [0.717, 1.165) is 11.1 Å². The van der Waals surface area contributed by atoms with Gasteiger partial charge in [-0.25, -0.2) is 9.78 Å². The maximum absolute atomic E-state index is 12.8. The summed E-state index contributed by atoms with van der Waals surface area (Å²) in [6.07, 6.45) is 3.87. The van der Waals surface area contributed by atoms with Crippen molar-refractivity contribution in [2.75, 3.05) is 17.7 Å². The number of nitrogens with zero attached hydrogens (tertiary/aromatic N) is 1. The van der Waals surface area contributed by atoms with E-state index in [2.05, 4.69) is 20.6 Å². The number of hydrogen-bond acceptors (Lipinski definition) is 5. The van der Waals surface area contributed by atoms with Gasteiger partial charge >= 0.3 is 6.03 Å². The number of rotatable bonds is 4. The van der Waals surface area contributed by atoms with Crippen molar-refractivity contribution < 1.29 is 19.4 Å². The number of aromatic amines is 1. The number of methoxy groups -OCH3 is 1. The number of benzene rings is 3. The van der Waals surface area contributed by atoms with Crippen molar-refractivity contribution in [2.45, 2.75) is 19.4 Å². The molecule has 2 amide bonds. The molecule has 8 nitrogen and oxygen atoms in total. The van der Waals surface area contributed by atoms with Gasteiger partial charge in [-0.3, -0.25) is 0 Å². The van der Waals surface area contributed by atoms with Crippen LogP contribution in [0.5, 0.6) is 17.2 Å². The summed E-state index contributed by atoms with van der Waals surface area (Å²) in [6, 6.07) is 13.1. The van der Waals surface area contributed by atoms with Crippen LogP contribution in [0.15, 0.2) is 54.6 Å². The number of H-pyrrole nitrogens is 1. The number of halogens is 1. The lowest BCUT2D eigenvalue weighted by Crippen LogP contribution is -2.27. The fraction of sp³-hybridized carbons (Fsp3) is 0.154. The van der Waals surface area contributed by atoms with Crippen molar-refractivity contribution in [3.8, 4) is 28.6 Å². The number of fused-ring (bicyclic) bond motifs is 2. The van der Waals surface area contributed by atoms with Gasteiger partial charge in [0.05, 0.1) is 35.0 Å². The highest BCUT2D eigenvalue weighted by molar-refractivity contribution is 6.31. The number of carbonyl (C=O) groups is 1. The lowest BCUT2D eigenvalue weighted by atomic mass is 10.0. The van der Waals surface area contributed by atoms with Crippen LogP contribution in [0.1, 0.15) is 19.4 Å². The Morgan fingerprint density at radius 2 is 1.97 bits per heavy atom. The molecule has 0 radical (unpaired) electrons. The van der Waals surface area contributed by atoms with E-state index in [1.165, 1.54) is 6.07 Å². The predicted octanol–water partition coefficient (Wildman–Crippen LogP) is 6.43. The van der Waals surface area contributed by atoms with E-state index in [1.807, 2.05) is 26.0 Å². The average Bonchev–Trinajstić information content (AvgIpc) is 3.23. The van der Waals surface area contributed by atoms with Gasteiger partial charge in [0.2, 0.25) is 0 Å². The van der Waals surface area contributed by atoms with Gasteiger partial charge in [-0.05, 0) is 74.5 Å². The molecule has 0 atom stereocenters. The third-order valence-electron chi connectivity index (χ3n) is 5.59. The fourth-order valence-corrected chi connectivity index (χ4v) is 4.11. The predicted molar refractivity (Wildman–Crippen MR) is 138 cm³/mol. The number of ether oxygens (including phenoxy) is 2. The quantitative estimate of drug-likeness (QED) is 0.264. The summed E-state index contributed by atoms with van der Waals surface area (Å²) in [7, 11) is 1.55. The second-order valence-corrected chi connectivity index (χ2v) is 9.09. The summed E-state index contributed by atoms with van der Waals surface area (Å²) in [4.78, 5) is 20.5. The summed E-state index contributed by atoms with van der Waals surface area (Å²) < 4.78 is 11.5. The highest BCUT2D eigenvalue weighted by Crippen LogP contribution is 2.41. The molecule has 0 bridgehead atoms. The number of urea groups is 1. The Kier molecular flexibility index (Phi) is 5.53. The molecule has 0 aliphatic carbocycles. The SMILES string of the molecule is COc1c(NC(=O)Nc2ccc3[nH]c(-c4cc(Cl)ccc4O)nc3c2)ccc2c1C=CC(C)(C)O2. The van der Waals surface area contributed by atoms with E-state index < -0.39 is 11.6 Å². The number of aromatic hydroxyl groups is 1. The first-order valence-electron chi connectivity index (χ1n) is 10.9. The minimum atomic E-state index is -0.438. The van der Waals surface area contributed by atoms with Gasteiger partial charge in [0.25, 0.3) is 0 Å². The maximum atomic E-state index is 12.8. The van der Waals surface area contributed by atoms with Crippen LogP contribution in [0, 0.1) is 0 Å². The molecule has 178 valence electrons. The van der Waals surface area contributed by atoms with E-state index in [-0.39, 0.29) is 5.75 Å². The van der Waals surface area contributed by atoms with E-state index >= 15 is 0 Å². The van der Waals surface area contributed by atoms with Gasteiger partial charge in [0.15, 0.2) is 5.75 Å². The van der Waals surface area contributed by atoms with Gasteiger partial charge in [-0.15, -0.1) is 0 Å². The number of nitrogens with one attached hydrogen (secondary N) is 3. The lowest BCUT2D eigenvalue weighted by Gasteiger charge is -2.29. The van der Waals surface area contributed by atoms with Crippen molar-refractivity contribution in [3.63, 3.8) is 0 Å². The summed E-state index contributed by atoms with van der Waals surface area (Å²) in [5.41, 5.74) is 3.26. The Bertz CT molecular complexity index is 1490. The van der Waals surface area contributed by atoms with Crippen molar-refractivity contribution in [1.82, 2.24) is 9.97 Å². The van der Waals surface area contributed by atoms with Crippen molar-refractivity contribution in [1.29, 1.82) is 0 Å². The summed E-state index contributed by atoms with van der Waals surface area (Å²) in [5.74, 6) is 1.73. The van der Waals surface area contributed by atoms with E-state index in [1.54, 1.807) is 49.6 Å². The molecule has 9 heteroatoms. The molecule has 35 heavy (non-hydrogen) atoms. The van der Waals surface area contributed by atoms with Crippen LogP contribution in [0.3, 0.4) is 0 Å². The zero-order valence-electron chi connectivity index (χ0n) is 19.3. The van der Waals surface area contributed by atoms with Gasteiger partial charge in [-0.2, -0.15) is 0 Å². The molecule has 0 unspecified atom stereocenters. The minimum Gasteiger partial charge on any atom is -0.507 e. The Balaban J connectivity index is 1.36. The molecule has 1 aromatic heterocycles. The third kappa shape index (κ3) is 4.48. The molecular formula is C26H23ClN4O4. The zero-order valence-corrected chi connectivity index (χ0v) is 20.0. The number of aromatic nitrogens is 2. The molecule has 2 heterocycles. The first-order chi connectivity index (χ1) is 16.7. The molecule has 0 saturated heterocycles. The van der Waals surface area contributed by atoms with E-state index in [4.69, 9.17) is 21.1 Å². The van der Waals surface area contributed by atoms with E-state index in [0.29, 0.717) is 44.8 Å². The monoisotopic (exact) mass is 490 g/mol. The molecule has 0 saturated carbocycles.